The zero-order valence-corrected chi connectivity index (χ0v) is 14.0. The van der Waals surface area contributed by atoms with Gasteiger partial charge >= 0.3 is 0 Å². The number of Topliss-reactive ketones (excluding diaryl/α,β-unsaturated/α-hetero) is 1. The molecule has 1 aromatic heterocycles. The molecule has 0 aliphatic carbocycles. The number of pyridine rings is 1. The highest BCUT2D eigenvalue weighted by molar-refractivity contribution is 9.11. The molecule has 0 fully saturated rings. The van der Waals surface area contributed by atoms with Crippen molar-refractivity contribution < 1.29 is 9.36 Å². The number of hydrogen-bond donors (Lipinski definition) is 0. The third kappa shape index (κ3) is 3.65. The summed E-state index contributed by atoms with van der Waals surface area (Å²) in [5.41, 5.74) is 0.653. The van der Waals surface area contributed by atoms with E-state index in [2.05, 4.69) is 31.9 Å². The topological polar surface area (TPSA) is 20.9 Å². The van der Waals surface area contributed by atoms with Crippen LogP contribution in [0.5, 0.6) is 0 Å². The second kappa shape index (κ2) is 6.16. The number of carbonyl (C=O) groups excluding carboxylic acids is 1. The maximum Gasteiger partial charge on any atom is 0.230 e. The van der Waals surface area contributed by atoms with Crippen LogP contribution < -0.4 is 4.57 Å². The lowest BCUT2D eigenvalue weighted by atomic mass is 10.1. The standard InChI is InChI=1S/C14H11Br2ClNO/c1-9(18-7-11(15)6-12(16)8-18)14(19)10-2-4-13(17)5-3-10/h2-9H,1H3/q+1. The molecule has 1 unspecified atom stereocenters. The Morgan fingerprint density at radius 2 is 1.68 bits per heavy atom. The molecule has 1 aromatic carbocycles. The number of nitrogens with zero attached hydrogens (tertiary/aromatic N) is 1. The lowest BCUT2D eigenvalue weighted by molar-refractivity contribution is -0.705. The van der Waals surface area contributed by atoms with E-state index in [1.165, 1.54) is 0 Å². The number of rotatable bonds is 3. The van der Waals surface area contributed by atoms with Crippen LogP contribution in [0.4, 0.5) is 0 Å². The summed E-state index contributed by atoms with van der Waals surface area (Å²) in [5, 5.41) is 0.627. The van der Waals surface area contributed by atoms with Gasteiger partial charge in [-0.25, -0.2) is 0 Å². The Morgan fingerprint density at radius 3 is 2.21 bits per heavy atom. The normalized spacial score (nSPS) is 12.2. The monoisotopic (exact) mass is 402 g/mol. The van der Waals surface area contributed by atoms with E-state index in [-0.39, 0.29) is 11.8 Å². The molecule has 0 saturated carbocycles. The molecule has 2 nitrogen and oxygen atoms in total. The molecule has 0 bridgehead atoms. The number of halogens is 3. The number of hydrogen-bond acceptors (Lipinski definition) is 1. The average molecular weight is 405 g/mol. The van der Waals surface area contributed by atoms with E-state index in [0.717, 1.165) is 8.95 Å². The zero-order chi connectivity index (χ0) is 14.0. The molecular weight excluding hydrogens is 393 g/mol. The summed E-state index contributed by atoms with van der Waals surface area (Å²) in [5.74, 6) is 0.0478. The summed E-state index contributed by atoms with van der Waals surface area (Å²) < 4.78 is 3.70. The molecule has 2 aromatic rings. The van der Waals surface area contributed by atoms with E-state index in [1.807, 2.05) is 30.0 Å². The molecule has 0 N–H and O–H groups in total. The first-order chi connectivity index (χ1) is 8.97. The van der Waals surface area contributed by atoms with Crippen LogP contribution in [-0.4, -0.2) is 5.78 Å². The summed E-state index contributed by atoms with van der Waals surface area (Å²) >= 11 is 12.7. The largest absolute Gasteiger partial charge is 0.287 e. The van der Waals surface area contributed by atoms with Crippen LogP contribution in [0.25, 0.3) is 0 Å². The van der Waals surface area contributed by atoms with Gasteiger partial charge in [-0.05, 0) is 62.2 Å². The predicted molar refractivity (Wildman–Crippen MR) is 82.5 cm³/mol. The van der Waals surface area contributed by atoms with Crippen LogP contribution in [0.15, 0.2) is 51.7 Å². The first-order valence-corrected chi connectivity index (χ1v) is 7.60. The van der Waals surface area contributed by atoms with Crippen molar-refractivity contribution in [3.05, 3.63) is 62.3 Å². The van der Waals surface area contributed by atoms with Crippen molar-refractivity contribution >= 4 is 49.2 Å². The molecular formula is C14H11Br2ClNO+. The second-order valence-electron chi connectivity index (χ2n) is 4.17. The van der Waals surface area contributed by atoms with Gasteiger partial charge in [0.1, 0.15) is 0 Å². The summed E-state index contributed by atoms with van der Waals surface area (Å²) in [6.45, 7) is 1.87. The molecule has 0 radical (unpaired) electrons. The Bertz CT molecular complexity index is 593. The molecule has 0 aliphatic rings. The third-order valence-corrected chi connectivity index (χ3v) is 3.90. The Labute approximate surface area is 133 Å². The molecule has 2 rings (SSSR count). The van der Waals surface area contributed by atoms with Gasteiger partial charge in [0, 0.05) is 17.5 Å². The minimum Gasteiger partial charge on any atom is -0.287 e. The molecule has 0 spiro atoms. The second-order valence-corrected chi connectivity index (χ2v) is 6.43. The van der Waals surface area contributed by atoms with Crippen molar-refractivity contribution in [3.8, 4) is 0 Å². The summed E-state index contributed by atoms with van der Waals surface area (Å²) in [6, 6.07) is 8.58. The Hall–Kier alpha value is -0.710. The fourth-order valence-electron chi connectivity index (χ4n) is 1.74. The first-order valence-electron chi connectivity index (χ1n) is 5.64. The average Bonchev–Trinajstić information content (AvgIpc) is 2.37. The van der Waals surface area contributed by atoms with E-state index >= 15 is 0 Å². The molecule has 0 aliphatic heterocycles. The fourth-order valence-corrected chi connectivity index (χ4v) is 3.14. The Balaban J connectivity index is 2.30. The minimum atomic E-state index is -0.282. The number of carbonyl (C=O) groups is 1. The zero-order valence-electron chi connectivity index (χ0n) is 10.1. The van der Waals surface area contributed by atoms with Gasteiger partial charge in [0.25, 0.3) is 0 Å². The van der Waals surface area contributed by atoms with Crippen LogP contribution >= 0.6 is 43.5 Å². The van der Waals surface area contributed by atoms with Crippen LogP contribution in [0.2, 0.25) is 5.02 Å². The highest BCUT2D eigenvalue weighted by Gasteiger charge is 2.24. The van der Waals surface area contributed by atoms with Crippen LogP contribution in [0.3, 0.4) is 0 Å². The van der Waals surface area contributed by atoms with Gasteiger partial charge in [-0.2, -0.15) is 4.57 Å². The van der Waals surface area contributed by atoms with Crippen molar-refractivity contribution in [2.45, 2.75) is 13.0 Å². The summed E-state index contributed by atoms with van der Waals surface area (Å²) in [4.78, 5) is 12.4. The van der Waals surface area contributed by atoms with Crippen molar-refractivity contribution in [2.75, 3.05) is 0 Å². The van der Waals surface area contributed by atoms with E-state index < -0.39 is 0 Å². The minimum absolute atomic E-state index is 0.0478. The quantitative estimate of drug-likeness (QED) is 0.541. The molecule has 19 heavy (non-hydrogen) atoms. The van der Waals surface area contributed by atoms with Crippen molar-refractivity contribution in [2.24, 2.45) is 0 Å². The lowest BCUT2D eigenvalue weighted by Crippen LogP contribution is -2.42. The van der Waals surface area contributed by atoms with Crippen molar-refractivity contribution in [1.29, 1.82) is 0 Å². The number of benzene rings is 1. The molecule has 98 valence electrons. The Kier molecular flexibility index (Phi) is 4.76. The number of ketones is 1. The van der Waals surface area contributed by atoms with Gasteiger partial charge in [-0.15, -0.1) is 0 Å². The maximum atomic E-state index is 12.4. The van der Waals surface area contributed by atoms with E-state index in [1.54, 1.807) is 24.3 Å². The molecule has 0 amide bonds. The predicted octanol–water partition coefficient (Wildman–Crippen LogP) is 4.60. The molecule has 5 heteroatoms. The van der Waals surface area contributed by atoms with E-state index in [4.69, 9.17) is 11.6 Å². The smallest absolute Gasteiger partial charge is 0.230 e. The van der Waals surface area contributed by atoms with Gasteiger partial charge < -0.3 is 0 Å². The lowest BCUT2D eigenvalue weighted by Gasteiger charge is -2.07. The molecule has 1 atom stereocenters. The molecule has 0 saturated heterocycles. The molecule has 1 heterocycles. The SMILES string of the molecule is CC(C(=O)c1ccc(Cl)cc1)[n+]1cc(Br)cc(Br)c1. The van der Waals surface area contributed by atoms with E-state index in [9.17, 15) is 4.79 Å². The summed E-state index contributed by atoms with van der Waals surface area (Å²) in [7, 11) is 0. The van der Waals surface area contributed by atoms with E-state index in [0.29, 0.717) is 10.6 Å². The van der Waals surface area contributed by atoms with Crippen LogP contribution in [-0.2, 0) is 0 Å². The van der Waals surface area contributed by atoms with Gasteiger partial charge in [-0.3, -0.25) is 4.79 Å². The number of aromatic nitrogens is 1. The fraction of sp³-hybridized carbons (Fsp3) is 0.143. The van der Waals surface area contributed by atoms with Crippen molar-refractivity contribution in [1.82, 2.24) is 0 Å². The summed E-state index contributed by atoms with van der Waals surface area (Å²) in [6.07, 6.45) is 3.76. The van der Waals surface area contributed by atoms with Crippen molar-refractivity contribution in [3.63, 3.8) is 0 Å². The van der Waals surface area contributed by atoms with Gasteiger partial charge in [-0.1, -0.05) is 11.6 Å². The van der Waals surface area contributed by atoms with Gasteiger partial charge in [0.2, 0.25) is 11.8 Å². The third-order valence-electron chi connectivity index (χ3n) is 2.78. The highest BCUT2D eigenvalue weighted by atomic mass is 79.9. The first kappa shape index (κ1) is 14.7. The Morgan fingerprint density at radius 1 is 1.16 bits per heavy atom. The highest BCUT2D eigenvalue weighted by Crippen LogP contribution is 2.17. The maximum absolute atomic E-state index is 12.4. The van der Waals surface area contributed by atoms with Crippen LogP contribution in [0, 0.1) is 0 Å². The van der Waals surface area contributed by atoms with Gasteiger partial charge in [0.15, 0.2) is 12.4 Å². The van der Waals surface area contributed by atoms with Crippen LogP contribution in [0.1, 0.15) is 23.3 Å². The van der Waals surface area contributed by atoms with Gasteiger partial charge in [0.05, 0.1) is 8.95 Å².